The van der Waals surface area contributed by atoms with Crippen LogP contribution in [0.4, 0.5) is 0 Å². The number of ether oxygens (including phenoxy) is 2. The summed E-state index contributed by atoms with van der Waals surface area (Å²) in [7, 11) is 3.47. The summed E-state index contributed by atoms with van der Waals surface area (Å²) in [6.07, 6.45) is 4.14. The van der Waals surface area contributed by atoms with E-state index in [9.17, 15) is 0 Å². The minimum atomic E-state index is 0. The van der Waals surface area contributed by atoms with Gasteiger partial charge in [0.15, 0.2) is 0 Å². The van der Waals surface area contributed by atoms with Crippen molar-refractivity contribution in [1.82, 2.24) is 0 Å². The molecule has 0 saturated heterocycles. The molecule has 1 aliphatic rings. The molecule has 0 aromatic carbocycles. The van der Waals surface area contributed by atoms with Crippen molar-refractivity contribution in [2.24, 2.45) is 11.3 Å². The largest absolute Gasteiger partial charge is 2.00 e. The number of hydrogen-bond donors (Lipinski definition) is 0. The fourth-order valence-electron chi connectivity index (χ4n) is 2.44. The molecule has 3 heteroatoms. The van der Waals surface area contributed by atoms with Crippen LogP contribution in [-0.4, -0.2) is 27.4 Å². The van der Waals surface area contributed by atoms with Gasteiger partial charge in [-0.1, -0.05) is 12.8 Å². The van der Waals surface area contributed by atoms with E-state index in [4.69, 9.17) is 16.1 Å². The van der Waals surface area contributed by atoms with Crippen molar-refractivity contribution >= 4 is 0 Å². The van der Waals surface area contributed by atoms with E-state index < -0.39 is 0 Å². The first-order valence-corrected chi connectivity index (χ1v) is 5.06. The third-order valence-corrected chi connectivity index (χ3v) is 3.01. The zero-order chi connectivity index (χ0) is 10.6. The Morgan fingerprint density at radius 2 is 1.93 bits per heavy atom. The molecule has 0 aromatic heterocycles. The molecular weight excluding hydrogens is 267 g/mol. The maximum Gasteiger partial charge on any atom is 2.00 e. The van der Waals surface area contributed by atoms with E-state index >= 15 is 0 Å². The molecule has 0 amide bonds. The number of hydrogen-bond acceptors (Lipinski definition) is 2. The predicted octanol–water partition coefficient (Wildman–Crippen LogP) is 2.26. The normalized spacial score (nSPS) is 23.9. The Morgan fingerprint density at radius 3 is 2.27 bits per heavy atom. The van der Waals surface area contributed by atoms with Gasteiger partial charge in [-0.3, -0.25) is 5.57 Å². The van der Waals surface area contributed by atoms with Crippen LogP contribution in [0.3, 0.4) is 0 Å². The fourth-order valence-corrected chi connectivity index (χ4v) is 2.44. The van der Waals surface area contributed by atoms with E-state index in [2.05, 4.69) is 13.3 Å². The molecule has 0 radical (unpaired) electrons. The Balaban J connectivity index is 0.00000196. The van der Waals surface area contributed by atoms with Gasteiger partial charge in [0.1, 0.15) is 0 Å². The van der Waals surface area contributed by atoms with Crippen LogP contribution < -0.4 is 0 Å². The van der Waals surface area contributed by atoms with E-state index in [0.29, 0.717) is 5.92 Å². The van der Waals surface area contributed by atoms with Crippen LogP contribution in [0.1, 0.15) is 19.8 Å². The van der Waals surface area contributed by atoms with E-state index in [1.54, 1.807) is 14.2 Å². The summed E-state index contributed by atoms with van der Waals surface area (Å²) >= 11 is 0. The molecule has 1 rings (SSSR count). The molecule has 0 heterocycles. The molecule has 15 heavy (non-hydrogen) atoms. The SMILES string of the molecule is [CH-]=C1CC(COC)(COC)C[C@@H]1[CH-]C.[Zr+2]. The molecule has 0 spiro atoms. The van der Waals surface area contributed by atoms with Gasteiger partial charge in [-0.25, -0.2) is 0 Å². The van der Waals surface area contributed by atoms with Gasteiger partial charge in [0.2, 0.25) is 0 Å². The van der Waals surface area contributed by atoms with Crippen LogP contribution in [0.2, 0.25) is 0 Å². The zero-order valence-corrected chi connectivity index (χ0v) is 12.3. The van der Waals surface area contributed by atoms with Crippen LogP contribution >= 0.6 is 0 Å². The van der Waals surface area contributed by atoms with E-state index in [-0.39, 0.29) is 31.6 Å². The average Bonchev–Trinajstić information content (AvgIpc) is 2.44. The molecule has 0 aliphatic heterocycles. The first-order chi connectivity index (χ1) is 6.67. The van der Waals surface area contributed by atoms with Gasteiger partial charge < -0.3 is 22.5 Å². The molecule has 0 bridgehead atoms. The molecule has 1 atom stereocenters. The van der Waals surface area contributed by atoms with Crippen molar-refractivity contribution in [3.05, 3.63) is 18.6 Å². The number of rotatable bonds is 5. The van der Waals surface area contributed by atoms with E-state index in [1.165, 1.54) is 0 Å². The van der Waals surface area contributed by atoms with Crippen LogP contribution in [0.5, 0.6) is 0 Å². The van der Waals surface area contributed by atoms with Gasteiger partial charge >= 0.3 is 26.2 Å². The van der Waals surface area contributed by atoms with Crippen LogP contribution in [0.15, 0.2) is 5.57 Å². The molecule has 1 fully saturated rings. The predicted molar refractivity (Wildman–Crippen MR) is 56.7 cm³/mol. The van der Waals surface area contributed by atoms with Gasteiger partial charge in [-0.2, -0.15) is 12.8 Å². The van der Waals surface area contributed by atoms with Gasteiger partial charge in [0.05, 0.1) is 13.2 Å². The standard InChI is InChI=1S/C12H20O2.Zr/c1-5-11-7-12(8-13-3,9-14-4)6-10(11)2;/h2,5,11H,6-9H2,1,3-4H3;/q-2;+2/t11-;/m0./s1. The second-order valence-electron chi connectivity index (χ2n) is 4.26. The fraction of sp³-hybridized carbons (Fsp3) is 0.750. The molecule has 0 unspecified atom stereocenters. The van der Waals surface area contributed by atoms with Crippen molar-refractivity contribution in [1.29, 1.82) is 0 Å². The van der Waals surface area contributed by atoms with Crippen molar-refractivity contribution in [3.8, 4) is 0 Å². The Bertz CT molecular complexity index is 198. The zero-order valence-electron chi connectivity index (χ0n) is 9.88. The summed E-state index contributed by atoms with van der Waals surface area (Å²) in [5.41, 5.74) is 1.17. The van der Waals surface area contributed by atoms with Gasteiger partial charge in [-0.15, -0.1) is 0 Å². The molecule has 1 aliphatic carbocycles. The molecular formula is C12H20O2Zr. The molecule has 0 aromatic rings. The number of allylic oxidation sites excluding steroid dienone is 1. The van der Waals surface area contributed by atoms with Gasteiger partial charge in [0, 0.05) is 19.6 Å². The first kappa shape index (κ1) is 15.5. The quantitative estimate of drug-likeness (QED) is 0.722. The first-order valence-electron chi connectivity index (χ1n) is 5.06. The monoisotopic (exact) mass is 286 g/mol. The van der Waals surface area contributed by atoms with Crippen molar-refractivity contribution in [2.45, 2.75) is 19.8 Å². The maximum atomic E-state index is 6.00. The van der Waals surface area contributed by atoms with Gasteiger partial charge in [-0.05, 0) is 0 Å². The third kappa shape index (κ3) is 3.80. The Kier molecular flexibility index (Phi) is 7.24. The van der Waals surface area contributed by atoms with Crippen molar-refractivity contribution in [3.63, 3.8) is 0 Å². The van der Waals surface area contributed by atoms with Crippen LogP contribution in [-0.2, 0) is 35.7 Å². The summed E-state index contributed by atoms with van der Waals surface area (Å²) in [6.45, 7) is 9.52. The smallest absolute Gasteiger partial charge is 0.517 e. The molecule has 0 N–H and O–H groups in total. The molecule has 2 nitrogen and oxygen atoms in total. The average molecular weight is 288 g/mol. The summed E-state index contributed by atoms with van der Waals surface area (Å²) in [4.78, 5) is 0. The Hall–Kier alpha value is 0.543. The van der Waals surface area contributed by atoms with E-state index in [1.807, 2.05) is 0 Å². The minimum absolute atomic E-state index is 0. The topological polar surface area (TPSA) is 18.5 Å². The summed E-state index contributed by atoms with van der Waals surface area (Å²) in [5, 5.41) is 0. The summed E-state index contributed by atoms with van der Waals surface area (Å²) < 4.78 is 10.5. The van der Waals surface area contributed by atoms with Gasteiger partial charge in [0.25, 0.3) is 0 Å². The third-order valence-electron chi connectivity index (χ3n) is 3.01. The van der Waals surface area contributed by atoms with Crippen molar-refractivity contribution in [2.75, 3.05) is 27.4 Å². The molecule has 1 saturated carbocycles. The summed E-state index contributed by atoms with van der Waals surface area (Å²) in [6, 6.07) is 0. The van der Waals surface area contributed by atoms with E-state index in [0.717, 1.165) is 31.6 Å². The van der Waals surface area contributed by atoms with Crippen LogP contribution in [0, 0.1) is 24.3 Å². The molecule has 84 valence electrons. The van der Waals surface area contributed by atoms with Crippen LogP contribution in [0.25, 0.3) is 0 Å². The Labute approximate surface area is 113 Å². The Morgan fingerprint density at radius 1 is 1.40 bits per heavy atom. The minimum Gasteiger partial charge on any atom is -0.517 e. The second-order valence-corrected chi connectivity index (χ2v) is 4.26. The summed E-state index contributed by atoms with van der Waals surface area (Å²) in [5.74, 6) is 0.431. The van der Waals surface area contributed by atoms with Crippen molar-refractivity contribution < 1.29 is 35.7 Å². The second kappa shape index (κ2) is 6.98. The number of methoxy groups -OCH3 is 2. The maximum absolute atomic E-state index is 6.00.